The van der Waals surface area contributed by atoms with Crippen molar-refractivity contribution in [3.8, 4) is 0 Å². The predicted molar refractivity (Wildman–Crippen MR) is 317 cm³/mol. The summed E-state index contributed by atoms with van der Waals surface area (Å²) in [5, 5.41) is 6.40. The number of hydrogen-bond donors (Lipinski definition) is 4. The third-order valence-corrected chi connectivity index (χ3v) is 20.4. The number of alkyl carbamates (subject to hydrolysis) is 1. The van der Waals surface area contributed by atoms with Gasteiger partial charge in [-0.3, -0.25) is 14.4 Å². The first-order valence-corrected chi connectivity index (χ1v) is 32.0. The van der Waals surface area contributed by atoms with Gasteiger partial charge in [-0.05, 0) is 203 Å². The number of aromatic amines is 1. The van der Waals surface area contributed by atoms with Crippen LogP contribution in [0, 0.1) is 46.3 Å². The number of ether oxygens (including phenoxy) is 1. The molecule has 1 aromatic heterocycles. The number of unbranched alkanes of at least 4 members (excludes halogenated alkanes) is 12. The summed E-state index contributed by atoms with van der Waals surface area (Å²) < 4.78 is 6.12. The lowest BCUT2D eigenvalue weighted by Crippen LogP contribution is -2.54. The fourth-order valence-electron chi connectivity index (χ4n) is 16.0. The molecule has 0 radical (unpaired) electrons. The van der Waals surface area contributed by atoms with Crippen LogP contribution in [-0.4, -0.2) is 145 Å². The molecule has 444 valence electrons. The number of fused-ring (bicyclic) bond motifs is 5. The summed E-state index contributed by atoms with van der Waals surface area (Å²) in [4.78, 5) is 70.6. The van der Waals surface area contributed by atoms with Crippen molar-refractivity contribution in [2.24, 2.45) is 52.1 Å². The fraction of sp³-hybridized carbons (Fsp3) is 0.859. The average Bonchev–Trinajstić information content (AvgIpc) is 4.16. The Labute approximate surface area is 474 Å². The number of H-pyrrole nitrogens is 1. The van der Waals surface area contributed by atoms with Crippen molar-refractivity contribution in [1.29, 1.82) is 0 Å². The van der Waals surface area contributed by atoms with Gasteiger partial charge in [0.2, 0.25) is 17.7 Å². The van der Waals surface area contributed by atoms with E-state index in [9.17, 15) is 19.2 Å². The largest absolute Gasteiger partial charge is 0.446 e. The number of carbonyl (C=O) groups excluding carboxylic acids is 4. The number of rotatable bonds is 34. The molecule has 12 atom stereocenters. The van der Waals surface area contributed by atoms with Gasteiger partial charge >= 0.3 is 6.09 Å². The van der Waals surface area contributed by atoms with E-state index in [4.69, 9.17) is 10.5 Å². The maximum Gasteiger partial charge on any atom is 0.407 e. The molecular weight excluding hydrogens is 975 g/mol. The summed E-state index contributed by atoms with van der Waals surface area (Å²) >= 11 is 0. The van der Waals surface area contributed by atoms with Gasteiger partial charge in [0.05, 0.1) is 12.4 Å². The Morgan fingerprint density at radius 3 is 2.09 bits per heavy atom. The van der Waals surface area contributed by atoms with Crippen molar-refractivity contribution in [2.75, 3.05) is 67.5 Å². The van der Waals surface area contributed by atoms with E-state index in [-0.39, 0.29) is 47.9 Å². The van der Waals surface area contributed by atoms with E-state index >= 15 is 0 Å². The lowest BCUT2D eigenvalue weighted by Gasteiger charge is -2.61. The third kappa shape index (κ3) is 18.5. The zero-order valence-electron chi connectivity index (χ0n) is 50.7. The number of imidazole rings is 1. The van der Waals surface area contributed by atoms with E-state index in [2.05, 4.69) is 70.2 Å². The molecule has 0 aromatic carbocycles. The highest BCUT2D eigenvalue weighted by molar-refractivity contribution is 5.91. The Morgan fingerprint density at radius 1 is 0.795 bits per heavy atom. The molecule has 4 amide bonds. The Bertz CT molecular complexity index is 1950. The summed E-state index contributed by atoms with van der Waals surface area (Å²) in [5.41, 5.74) is 7.91. The molecule has 4 aliphatic carbocycles. The van der Waals surface area contributed by atoms with Crippen LogP contribution in [0.2, 0.25) is 0 Å². The normalized spacial score (nSPS) is 28.6. The number of nitrogens with two attached hydrogens (primary N) is 1. The van der Waals surface area contributed by atoms with Crippen molar-refractivity contribution in [1.82, 2.24) is 40.2 Å². The molecule has 78 heavy (non-hydrogen) atoms. The highest BCUT2D eigenvalue weighted by Crippen LogP contribution is 2.68. The molecule has 0 bridgehead atoms. The van der Waals surface area contributed by atoms with Crippen molar-refractivity contribution >= 4 is 23.8 Å². The molecule has 14 heteroatoms. The quantitative estimate of drug-likeness (QED) is 0.0388. The van der Waals surface area contributed by atoms with Crippen LogP contribution >= 0.6 is 0 Å². The summed E-state index contributed by atoms with van der Waals surface area (Å²) in [6, 6.07) is -1.85. The monoisotopic (exact) mass is 1090 g/mol. The highest BCUT2D eigenvalue weighted by Gasteiger charge is 2.61. The lowest BCUT2D eigenvalue weighted by molar-refractivity contribution is -0.144. The van der Waals surface area contributed by atoms with E-state index in [0.717, 1.165) is 87.9 Å². The minimum Gasteiger partial charge on any atom is -0.446 e. The van der Waals surface area contributed by atoms with Gasteiger partial charge in [-0.15, -0.1) is 0 Å². The molecule has 2 heterocycles. The van der Waals surface area contributed by atoms with Gasteiger partial charge in [0.1, 0.15) is 12.1 Å². The van der Waals surface area contributed by atoms with Crippen LogP contribution in [0.5, 0.6) is 0 Å². The molecular formula is C64H113N9O5. The van der Waals surface area contributed by atoms with Crippen LogP contribution < -0.4 is 16.4 Å². The zero-order valence-corrected chi connectivity index (χ0v) is 50.7. The topological polar surface area (TPSA) is 169 Å². The van der Waals surface area contributed by atoms with Crippen LogP contribution in [0.25, 0.3) is 0 Å². The second kappa shape index (κ2) is 32.2. The highest BCUT2D eigenvalue weighted by atomic mass is 16.6. The van der Waals surface area contributed by atoms with Gasteiger partial charge in [-0.1, -0.05) is 97.6 Å². The van der Waals surface area contributed by atoms with Crippen molar-refractivity contribution in [3.63, 3.8) is 0 Å². The Kier molecular flexibility index (Phi) is 26.3. The number of nitrogens with one attached hydrogen (secondary N) is 3. The van der Waals surface area contributed by atoms with E-state index in [1.807, 2.05) is 33.1 Å². The molecule has 1 aliphatic heterocycles. The maximum absolute atomic E-state index is 14.5. The first-order valence-electron chi connectivity index (χ1n) is 32.0. The van der Waals surface area contributed by atoms with Gasteiger partial charge < -0.3 is 45.7 Å². The van der Waals surface area contributed by atoms with Crippen LogP contribution in [0.1, 0.15) is 213 Å². The fourth-order valence-corrected chi connectivity index (χ4v) is 16.0. The Hall–Kier alpha value is -3.49. The second-order valence-electron chi connectivity index (χ2n) is 26.6. The van der Waals surface area contributed by atoms with E-state index in [1.165, 1.54) is 116 Å². The van der Waals surface area contributed by atoms with E-state index < -0.39 is 12.1 Å². The van der Waals surface area contributed by atoms with Crippen LogP contribution in [0.4, 0.5) is 4.79 Å². The van der Waals surface area contributed by atoms with Crippen LogP contribution in [-0.2, 0) is 25.5 Å². The van der Waals surface area contributed by atoms with Crippen molar-refractivity contribution < 1.29 is 23.9 Å². The summed E-state index contributed by atoms with van der Waals surface area (Å²) in [6.45, 7) is 13.8. The van der Waals surface area contributed by atoms with Crippen LogP contribution in [0.15, 0.2) is 24.7 Å². The van der Waals surface area contributed by atoms with Crippen LogP contribution in [0.3, 0.4) is 0 Å². The Balaban J connectivity index is 0.917. The summed E-state index contributed by atoms with van der Waals surface area (Å²) in [7, 11) is 8.16. The van der Waals surface area contributed by atoms with Crippen molar-refractivity contribution in [2.45, 2.75) is 238 Å². The van der Waals surface area contributed by atoms with Crippen molar-refractivity contribution in [3.05, 3.63) is 30.4 Å². The summed E-state index contributed by atoms with van der Waals surface area (Å²) in [5.74, 6) is 3.49. The minimum atomic E-state index is -0.840. The molecule has 1 saturated heterocycles. The molecule has 5 aliphatic rings. The molecule has 5 fully saturated rings. The number of amides is 4. The lowest BCUT2D eigenvalue weighted by atomic mass is 9.44. The molecule has 5 N–H and O–H groups in total. The molecule has 6 rings (SSSR count). The number of likely N-dealkylation sites (tertiary alicyclic amines) is 1. The van der Waals surface area contributed by atoms with Gasteiger partial charge in [0, 0.05) is 57.0 Å². The zero-order chi connectivity index (χ0) is 56.1. The van der Waals surface area contributed by atoms with Gasteiger partial charge in [-0.2, -0.15) is 0 Å². The predicted octanol–water partition coefficient (Wildman–Crippen LogP) is 11.3. The first-order chi connectivity index (χ1) is 37.5. The molecule has 14 nitrogen and oxygen atoms in total. The maximum atomic E-state index is 14.5. The standard InChI is InChI=1S/C64H113N9O5/c1-9-10-11-12-13-14-15-16-17-18-19-20-21-22-23-24-37-67-62(77)78-52-33-35-63(3)49(42-52)28-29-53-55-31-30-54(64(55,4)36-34-56(53)63)48(2)27-32-59(74)69-51-44-58(73(46-51)60(75)57(65)43-50-45-66-47-68-50)61(76)72(40-25-38-70(5)6)41-26-39-71(7)8/h16-17,45,47-49,51-58H,9-15,18-44,46,65H2,1-8H3,(H,66,68)(H,67,77)(H,69,74)/b17-16-/t48-,49?,51+,52-,53?,54-,55?,56?,57?,58+,63+,64-/m1/s1. The van der Waals surface area contributed by atoms with E-state index in [0.29, 0.717) is 62.1 Å². The number of hydrogen-bond acceptors (Lipinski definition) is 9. The molecule has 4 saturated carbocycles. The van der Waals surface area contributed by atoms with Gasteiger partial charge in [-0.25, -0.2) is 9.78 Å². The number of carbonyl (C=O) groups is 4. The SMILES string of the molecule is CCCCCCCC/C=C\CCCCCCCCNC(=O)O[C@@H]1CC[C@@]2(C)C(CCC3C2CC[C@@]2(C)C3CC[C@@H]2[C@H](C)CCC(=O)N[C@H]2C[C@@H](C(=O)N(CCCN(C)C)CCCN(C)C)N(C(=O)C(N)Cc3cnc[nH]3)C2)C1. The number of allylic oxidation sites excluding steroid dienone is 2. The second-order valence-corrected chi connectivity index (χ2v) is 26.6. The molecule has 5 unspecified atom stereocenters. The third-order valence-electron chi connectivity index (χ3n) is 20.4. The van der Waals surface area contributed by atoms with Gasteiger partial charge in [0.25, 0.3) is 0 Å². The molecule has 1 aromatic rings. The average molecular weight is 1090 g/mol. The van der Waals surface area contributed by atoms with Gasteiger partial charge in [0.15, 0.2) is 0 Å². The molecule has 0 spiro atoms. The first kappa shape index (κ1) is 63.7. The number of aromatic nitrogens is 2. The van der Waals surface area contributed by atoms with E-state index in [1.54, 1.807) is 17.4 Å². The number of nitrogens with zero attached hydrogens (tertiary/aromatic N) is 5. The Morgan fingerprint density at radius 2 is 1.44 bits per heavy atom. The summed E-state index contributed by atoms with van der Waals surface area (Å²) in [6.07, 6.45) is 40.1. The minimum absolute atomic E-state index is 0.00314. The smallest absolute Gasteiger partial charge is 0.407 e.